The lowest BCUT2D eigenvalue weighted by atomic mass is 10.00. The molecule has 1 amide bonds. The minimum atomic E-state index is -0.160. The standard InChI is InChI=1S/C29H28BrN5OS/c1-18(2)28(36)32-23-13-12-22(16-19(23)3)35-27(26(33-29(35)37)24-10-4-5-14-31-24)25-11-7-15-34(25)21-9-6-8-20(30)17-21/h4-18,26-27H,1-3H3,(H,32,36)(H,33,37)/t26-,27-/m1/s1. The molecule has 2 aromatic carbocycles. The topological polar surface area (TPSA) is 62.2 Å². The highest BCUT2D eigenvalue weighted by Crippen LogP contribution is 2.43. The SMILES string of the molecule is Cc1cc(N2C(=S)N[C@H](c3ccccn3)[C@H]2c2cccn2-c2cccc(Br)c2)ccc1NC(=O)C(C)C. The summed E-state index contributed by atoms with van der Waals surface area (Å²) in [6.07, 6.45) is 3.88. The Balaban J connectivity index is 1.60. The first-order chi connectivity index (χ1) is 17.8. The monoisotopic (exact) mass is 573 g/mol. The van der Waals surface area contributed by atoms with Gasteiger partial charge in [0.2, 0.25) is 5.91 Å². The van der Waals surface area contributed by atoms with E-state index in [9.17, 15) is 4.79 Å². The molecular weight excluding hydrogens is 546 g/mol. The first-order valence-electron chi connectivity index (χ1n) is 12.2. The summed E-state index contributed by atoms with van der Waals surface area (Å²) in [5.41, 5.74) is 5.76. The third-order valence-corrected chi connectivity index (χ3v) is 7.35. The van der Waals surface area contributed by atoms with Gasteiger partial charge >= 0.3 is 0 Å². The molecule has 0 unspecified atom stereocenters. The number of rotatable bonds is 6. The van der Waals surface area contributed by atoms with Crippen molar-refractivity contribution in [2.24, 2.45) is 5.92 Å². The largest absolute Gasteiger partial charge is 0.351 e. The normalized spacial score (nSPS) is 17.2. The van der Waals surface area contributed by atoms with E-state index in [-0.39, 0.29) is 23.9 Å². The molecule has 4 aromatic rings. The average molecular weight is 575 g/mol. The Kier molecular flexibility index (Phi) is 7.13. The molecule has 1 aliphatic heterocycles. The number of pyridine rings is 1. The quantitative estimate of drug-likeness (QED) is 0.251. The van der Waals surface area contributed by atoms with E-state index >= 15 is 0 Å². The molecule has 1 saturated heterocycles. The molecule has 0 aliphatic carbocycles. The summed E-state index contributed by atoms with van der Waals surface area (Å²) >= 11 is 9.52. The van der Waals surface area contributed by atoms with Gasteiger partial charge in [-0.3, -0.25) is 9.78 Å². The number of aryl methyl sites for hydroxylation is 1. The van der Waals surface area contributed by atoms with Crippen LogP contribution in [0.25, 0.3) is 5.69 Å². The third-order valence-electron chi connectivity index (χ3n) is 6.54. The number of aromatic nitrogens is 2. The van der Waals surface area contributed by atoms with Crippen LogP contribution in [-0.2, 0) is 4.79 Å². The average Bonchev–Trinajstić information content (AvgIpc) is 3.50. The van der Waals surface area contributed by atoms with Crippen molar-refractivity contribution in [3.63, 3.8) is 0 Å². The zero-order valence-corrected chi connectivity index (χ0v) is 23.3. The predicted molar refractivity (Wildman–Crippen MR) is 156 cm³/mol. The van der Waals surface area contributed by atoms with Crippen LogP contribution in [0.15, 0.2) is 89.7 Å². The summed E-state index contributed by atoms with van der Waals surface area (Å²) in [6.45, 7) is 5.77. The van der Waals surface area contributed by atoms with Crippen molar-refractivity contribution in [3.8, 4) is 5.69 Å². The van der Waals surface area contributed by atoms with E-state index in [1.165, 1.54) is 0 Å². The second-order valence-corrected chi connectivity index (χ2v) is 10.7. The fraction of sp³-hybridized carbons (Fsp3) is 0.207. The predicted octanol–water partition coefficient (Wildman–Crippen LogP) is 6.71. The number of carbonyl (C=O) groups is 1. The van der Waals surface area contributed by atoms with Gasteiger partial charge < -0.3 is 20.1 Å². The summed E-state index contributed by atoms with van der Waals surface area (Å²) < 4.78 is 3.20. The van der Waals surface area contributed by atoms with Crippen LogP contribution < -0.4 is 15.5 Å². The van der Waals surface area contributed by atoms with Gasteiger partial charge in [-0.1, -0.05) is 41.9 Å². The molecule has 37 heavy (non-hydrogen) atoms. The maximum absolute atomic E-state index is 12.3. The Morgan fingerprint density at radius 1 is 1.05 bits per heavy atom. The lowest BCUT2D eigenvalue weighted by Gasteiger charge is -2.29. The molecule has 3 heterocycles. The summed E-state index contributed by atoms with van der Waals surface area (Å²) in [7, 11) is 0. The Labute approximate surface area is 230 Å². The second kappa shape index (κ2) is 10.5. The van der Waals surface area contributed by atoms with Crippen LogP contribution in [0.2, 0.25) is 0 Å². The minimum Gasteiger partial charge on any atom is -0.351 e. The van der Waals surface area contributed by atoms with Crippen molar-refractivity contribution in [2.75, 3.05) is 10.2 Å². The van der Waals surface area contributed by atoms with Gasteiger partial charge in [-0.25, -0.2) is 0 Å². The van der Waals surface area contributed by atoms with Gasteiger partial charge in [-0.05, 0) is 85.4 Å². The Bertz CT molecular complexity index is 1450. The fourth-order valence-electron chi connectivity index (χ4n) is 4.64. The van der Waals surface area contributed by atoms with Crippen LogP contribution in [0.1, 0.15) is 42.9 Å². The fourth-order valence-corrected chi connectivity index (χ4v) is 5.38. The second-order valence-electron chi connectivity index (χ2n) is 9.42. The molecule has 188 valence electrons. The van der Waals surface area contributed by atoms with Gasteiger partial charge in [0.05, 0.1) is 11.7 Å². The smallest absolute Gasteiger partial charge is 0.226 e. The lowest BCUT2D eigenvalue weighted by Crippen LogP contribution is -2.30. The molecule has 8 heteroatoms. The summed E-state index contributed by atoms with van der Waals surface area (Å²) in [5.74, 6) is -0.0992. The number of nitrogens with zero attached hydrogens (tertiary/aromatic N) is 3. The number of benzene rings is 2. The Hall–Kier alpha value is -3.49. The van der Waals surface area contributed by atoms with E-state index in [0.29, 0.717) is 5.11 Å². The van der Waals surface area contributed by atoms with Crippen molar-refractivity contribution in [2.45, 2.75) is 32.9 Å². The Morgan fingerprint density at radius 2 is 1.89 bits per heavy atom. The van der Waals surface area contributed by atoms with Gasteiger partial charge in [0, 0.05) is 45.5 Å². The molecule has 0 radical (unpaired) electrons. The van der Waals surface area contributed by atoms with Crippen molar-refractivity contribution in [1.29, 1.82) is 0 Å². The first kappa shape index (κ1) is 25.2. The molecule has 6 nitrogen and oxygen atoms in total. The van der Waals surface area contributed by atoms with Crippen LogP contribution >= 0.6 is 28.1 Å². The number of carbonyl (C=O) groups excluding carboxylic acids is 1. The number of anilines is 2. The number of nitrogens with one attached hydrogen (secondary N) is 2. The van der Waals surface area contributed by atoms with Gasteiger partial charge in [0.25, 0.3) is 0 Å². The highest BCUT2D eigenvalue weighted by Gasteiger charge is 2.42. The number of thiocarbonyl (C=S) groups is 1. The molecule has 0 saturated carbocycles. The van der Waals surface area contributed by atoms with Crippen LogP contribution in [0.5, 0.6) is 0 Å². The highest BCUT2D eigenvalue weighted by molar-refractivity contribution is 9.10. The number of hydrogen-bond acceptors (Lipinski definition) is 3. The van der Waals surface area contributed by atoms with Gasteiger partial charge in [0.15, 0.2) is 5.11 Å². The molecule has 0 spiro atoms. The summed E-state index contributed by atoms with van der Waals surface area (Å²) in [6, 6.07) is 24.1. The third kappa shape index (κ3) is 5.04. The van der Waals surface area contributed by atoms with Crippen molar-refractivity contribution in [3.05, 3.63) is 107 Å². The van der Waals surface area contributed by atoms with Crippen LogP contribution in [0.3, 0.4) is 0 Å². The molecule has 0 bridgehead atoms. The molecule has 5 rings (SSSR count). The van der Waals surface area contributed by atoms with E-state index in [0.717, 1.165) is 38.5 Å². The van der Waals surface area contributed by atoms with Crippen LogP contribution in [0, 0.1) is 12.8 Å². The minimum absolute atomic E-state index is 0.00541. The lowest BCUT2D eigenvalue weighted by molar-refractivity contribution is -0.118. The summed E-state index contributed by atoms with van der Waals surface area (Å²) in [4.78, 5) is 19.1. The maximum Gasteiger partial charge on any atom is 0.226 e. The first-order valence-corrected chi connectivity index (χ1v) is 13.4. The highest BCUT2D eigenvalue weighted by atomic mass is 79.9. The van der Waals surface area contributed by atoms with E-state index in [1.54, 1.807) is 0 Å². The zero-order valence-electron chi connectivity index (χ0n) is 20.9. The van der Waals surface area contributed by atoms with Gasteiger partial charge in [-0.2, -0.15) is 0 Å². The molecule has 2 atom stereocenters. The summed E-state index contributed by atoms with van der Waals surface area (Å²) in [5, 5.41) is 7.18. The molecule has 2 aromatic heterocycles. The zero-order chi connectivity index (χ0) is 26.1. The van der Waals surface area contributed by atoms with Crippen molar-refractivity contribution in [1.82, 2.24) is 14.9 Å². The van der Waals surface area contributed by atoms with E-state index in [4.69, 9.17) is 12.2 Å². The van der Waals surface area contributed by atoms with E-state index < -0.39 is 0 Å². The molecular formula is C29H28BrN5OS. The van der Waals surface area contributed by atoms with Gasteiger partial charge in [0.1, 0.15) is 6.04 Å². The van der Waals surface area contributed by atoms with Crippen LogP contribution in [-0.4, -0.2) is 20.6 Å². The molecule has 1 aliphatic rings. The van der Waals surface area contributed by atoms with Gasteiger partial charge in [-0.15, -0.1) is 0 Å². The van der Waals surface area contributed by atoms with Crippen molar-refractivity contribution >= 4 is 50.5 Å². The van der Waals surface area contributed by atoms with Crippen LogP contribution in [0.4, 0.5) is 11.4 Å². The number of halogens is 1. The van der Waals surface area contributed by atoms with Crippen molar-refractivity contribution < 1.29 is 4.79 Å². The molecule has 2 N–H and O–H groups in total. The Morgan fingerprint density at radius 3 is 2.59 bits per heavy atom. The van der Waals surface area contributed by atoms with E-state index in [2.05, 4.69) is 77.5 Å². The molecule has 1 fully saturated rings. The maximum atomic E-state index is 12.3. The number of amides is 1. The number of hydrogen-bond donors (Lipinski definition) is 2. The van der Waals surface area contributed by atoms with E-state index in [1.807, 2.05) is 69.4 Å².